The Morgan fingerprint density at radius 2 is 2.25 bits per heavy atom. The lowest BCUT2D eigenvalue weighted by molar-refractivity contribution is -0.143. The minimum Gasteiger partial charge on any atom is -0.493 e. The molecule has 4 nitrogen and oxygen atoms in total. The maximum absolute atomic E-state index is 11.5. The first-order valence-electron chi connectivity index (χ1n) is 7.29. The number of unbranched alkanes of at least 4 members (excludes halogenated alkanes) is 1. The molecule has 0 amide bonds. The van der Waals surface area contributed by atoms with Crippen molar-refractivity contribution < 1.29 is 19.0 Å². The molecule has 0 saturated heterocycles. The first-order chi connectivity index (χ1) is 9.74. The van der Waals surface area contributed by atoms with Crippen molar-refractivity contribution in [1.29, 1.82) is 0 Å². The zero-order valence-corrected chi connectivity index (χ0v) is 12.2. The standard InChI is InChI=1S/C16H22O4/c1-3-5-8-19-13-6-7-14-12(9-16(17)18-4-2)11-20-15(14)10-13/h6-7,10,12H,3-5,8-9,11H2,1-2H3. The summed E-state index contributed by atoms with van der Waals surface area (Å²) in [6.07, 6.45) is 2.53. The van der Waals surface area contributed by atoms with Crippen molar-refractivity contribution in [3.63, 3.8) is 0 Å². The molecule has 2 rings (SSSR count). The Balaban J connectivity index is 1.97. The molecule has 0 radical (unpaired) electrons. The van der Waals surface area contributed by atoms with Gasteiger partial charge in [-0.25, -0.2) is 0 Å². The van der Waals surface area contributed by atoms with Crippen LogP contribution in [0.15, 0.2) is 18.2 Å². The molecule has 0 aromatic heterocycles. The molecular formula is C16H22O4. The normalized spacial score (nSPS) is 16.4. The molecule has 20 heavy (non-hydrogen) atoms. The number of hydrogen-bond acceptors (Lipinski definition) is 4. The highest BCUT2D eigenvalue weighted by Crippen LogP contribution is 2.38. The molecule has 1 unspecified atom stereocenters. The highest BCUT2D eigenvalue weighted by Gasteiger charge is 2.27. The van der Waals surface area contributed by atoms with Crippen LogP contribution >= 0.6 is 0 Å². The van der Waals surface area contributed by atoms with E-state index in [0.717, 1.165) is 36.5 Å². The molecule has 1 atom stereocenters. The van der Waals surface area contributed by atoms with Crippen molar-refractivity contribution in [2.45, 2.75) is 39.0 Å². The third-order valence-corrected chi connectivity index (χ3v) is 3.35. The fraction of sp³-hybridized carbons (Fsp3) is 0.562. The fourth-order valence-electron chi connectivity index (χ4n) is 2.27. The van der Waals surface area contributed by atoms with Crippen LogP contribution in [-0.4, -0.2) is 25.8 Å². The number of ether oxygens (including phenoxy) is 3. The monoisotopic (exact) mass is 278 g/mol. The Labute approximate surface area is 120 Å². The minimum atomic E-state index is -0.169. The molecule has 0 spiro atoms. The van der Waals surface area contributed by atoms with Crippen LogP contribution in [0, 0.1) is 0 Å². The molecule has 1 aliphatic heterocycles. The molecular weight excluding hydrogens is 256 g/mol. The summed E-state index contributed by atoms with van der Waals surface area (Å²) in [5.74, 6) is 1.58. The lowest BCUT2D eigenvalue weighted by atomic mass is 9.98. The number of carbonyl (C=O) groups is 1. The summed E-state index contributed by atoms with van der Waals surface area (Å²) in [6, 6.07) is 5.85. The van der Waals surface area contributed by atoms with Gasteiger partial charge in [0.15, 0.2) is 0 Å². The van der Waals surface area contributed by atoms with E-state index in [2.05, 4.69) is 6.92 Å². The third-order valence-electron chi connectivity index (χ3n) is 3.35. The molecule has 110 valence electrons. The SMILES string of the molecule is CCCCOc1ccc2c(c1)OCC2CC(=O)OCC. The second kappa shape index (κ2) is 7.17. The molecule has 1 heterocycles. The summed E-state index contributed by atoms with van der Waals surface area (Å²) in [6.45, 7) is 5.63. The van der Waals surface area contributed by atoms with Crippen molar-refractivity contribution in [2.75, 3.05) is 19.8 Å². The van der Waals surface area contributed by atoms with Gasteiger partial charge in [-0.3, -0.25) is 4.79 Å². The van der Waals surface area contributed by atoms with Crippen LogP contribution in [0.4, 0.5) is 0 Å². The van der Waals surface area contributed by atoms with Crippen molar-refractivity contribution in [3.05, 3.63) is 23.8 Å². The van der Waals surface area contributed by atoms with Gasteiger partial charge in [-0.1, -0.05) is 19.4 Å². The van der Waals surface area contributed by atoms with E-state index in [1.807, 2.05) is 25.1 Å². The fourth-order valence-corrected chi connectivity index (χ4v) is 2.27. The van der Waals surface area contributed by atoms with E-state index in [9.17, 15) is 4.79 Å². The van der Waals surface area contributed by atoms with Crippen molar-refractivity contribution in [3.8, 4) is 11.5 Å². The number of hydrogen-bond donors (Lipinski definition) is 0. The Morgan fingerprint density at radius 3 is 3.00 bits per heavy atom. The first-order valence-corrected chi connectivity index (χ1v) is 7.29. The van der Waals surface area contributed by atoms with Crippen molar-refractivity contribution in [2.24, 2.45) is 0 Å². The van der Waals surface area contributed by atoms with E-state index in [0.29, 0.717) is 19.6 Å². The average Bonchev–Trinajstić information content (AvgIpc) is 2.82. The number of fused-ring (bicyclic) bond motifs is 1. The van der Waals surface area contributed by atoms with Crippen LogP contribution < -0.4 is 9.47 Å². The lowest BCUT2D eigenvalue weighted by Gasteiger charge is -2.09. The minimum absolute atomic E-state index is 0.0914. The molecule has 1 aromatic rings. The van der Waals surface area contributed by atoms with Gasteiger partial charge in [0.25, 0.3) is 0 Å². The summed E-state index contributed by atoms with van der Waals surface area (Å²) in [4.78, 5) is 11.5. The van der Waals surface area contributed by atoms with Gasteiger partial charge < -0.3 is 14.2 Å². The Bertz CT molecular complexity index is 456. The largest absolute Gasteiger partial charge is 0.493 e. The van der Waals surface area contributed by atoms with E-state index in [-0.39, 0.29) is 11.9 Å². The zero-order chi connectivity index (χ0) is 14.4. The summed E-state index contributed by atoms with van der Waals surface area (Å²) in [7, 11) is 0. The van der Waals surface area contributed by atoms with Crippen molar-refractivity contribution in [1.82, 2.24) is 0 Å². The van der Waals surface area contributed by atoms with E-state index in [4.69, 9.17) is 14.2 Å². The van der Waals surface area contributed by atoms with Crippen LogP contribution in [0.25, 0.3) is 0 Å². The van der Waals surface area contributed by atoms with Crippen LogP contribution in [-0.2, 0) is 9.53 Å². The summed E-state index contributed by atoms with van der Waals surface area (Å²) in [5.41, 5.74) is 1.07. The zero-order valence-electron chi connectivity index (χ0n) is 12.2. The molecule has 1 aliphatic rings. The summed E-state index contributed by atoms with van der Waals surface area (Å²) >= 11 is 0. The molecule has 0 fully saturated rings. The first kappa shape index (κ1) is 14.7. The van der Waals surface area contributed by atoms with Gasteiger partial charge in [0.05, 0.1) is 26.2 Å². The predicted octanol–water partition coefficient (Wildman–Crippen LogP) is 3.29. The Morgan fingerprint density at radius 1 is 1.40 bits per heavy atom. The summed E-state index contributed by atoms with van der Waals surface area (Å²) in [5, 5.41) is 0. The molecule has 0 bridgehead atoms. The maximum atomic E-state index is 11.5. The second-order valence-electron chi connectivity index (χ2n) is 4.92. The van der Waals surface area contributed by atoms with Crippen LogP contribution in [0.2, 0.25) is 0 Å². The number of benzene rings is 1. The number of esters is 1. The maximum Gasteiger partial charge on any atom is 0.306 e. The van der Waals surface area contributed by atoms with Gasteiger partial charge in [-0.15, -0.1) is 0 Å². The van der Waals surface area contributed by atoms with E-state index in [1.165, 1.54) is 0 Å². The number of rotatable bonds is 7. The topological polar surface area (TPSA) is 44.8 Å². The van der Waals surface area contributed by atoms with Gasteiger partial charge in [-0.05, 0) is 19.4 Å². The molecule has 0 N–H and O–H groups in total. The van der Waals surface area contributed by atoms with Gasteiger partial charge in [0.1, 0.15) is 11.5 Å². The van der Waals surface area contributed by atoms with Gasteiger partial charge >= 0.3 is 5.97 Å². The van der Waals surface area contributed by atoms with Crippen LogP contribution in [0.1, 0.15) is 44.6 Å². The highest BCUT2D eigenvalue weighted by atomic mass is 16.5. The van der Waals surface area contributed by atoms with E-state index >= 15 is 0 Å². The molecule has 4 heteroatoms. The van der Waals surface area contributed by atoms with Crippen LogP contribution in [0.5, 0.6) is 11.5 Å². The second-order valence-corrected chi connectivity index (χ2v) is 4.92. The van der Waals surface area contributed by atoms with Gasteiger partial charge in [-0.2, -0.15) is 0 Å². The van der Waals surface area contributed by atoms with Crippen LogP contribution in [0.3, 0.4) is 0 Å². The quantitative estimate of drug-likeness (QED) is 0.567. The molecule has 0 saturated carbocycles. The molecule has 1 aromatic carbocycles. The van der Waals surface area contributed by atoms with Gasteiger partial charge in [0.2, 0.25) is 0 Å². The predicted molar refractivity (Wildman–Crippen MR) is 76.3 cm³/mol. The average molecular weight is 278 g/mol. The highest BCUT2D eigenvalue weighted by molar-refractivity contribution is 5.71. The van der Waals surface area contributed by atoms with E-state index in [1.54, 1.807) is 0 Å². The smallest absolute Gasteiger partial charge is 0.306 e. The number of carbonyl (C=O) groups excluding carboxylic acids is 1. The Hall–Kier alpha value is -1.71. The van der Waals surface area contributed by atoms with Gasteiger partial charge in [0, 0.05) is 17.5 Å². The van der Waals surface area contributed by atoms with E-state index < -0.39 is 0 Å². The third kappa shape index (κ3) is 3.65. The Kier molecular flexibility index (Phi) is 5.27. The molecule has 0 aliphatic carbocycles. The lowest BCUT2D eigenvalue weighted by Crippen LogP contribution is -2.11. The summed E-state index contributed by atoms with van der Waals surface area (Å²) < 4.78 is 16.3. The van der Waals surface area contributed by atoms with Crippen molar-refractivity contribution >= 4 is 5.97 Å².